The van der Waals surface area contributed by atoms with E-state index in [4.69, 9.17) is 18.9 Å². The zero-order valence-corrected chi connectivity index (χ0v) is 14.9. The number of aliphatic hydroxyl groups excluding tert-OH is 8. The molecular weight excluding hydrogens is 411 g/mol. The summed E-state index contributed by atoms with van der Waals surface area (Å²) in [6.07, 6.45) is -18.0. The molecular formula is C15H27NaO13. The second kappa shape index (κ2) is 11.6. The van der Waals surface area contributed by atoms with Gasteiger partial charge in [-0.15, -0.1) is 0 Å². The van der Waals surface area contributed by atoms with E-state index < -0.39 is 86.7 Å². The molecule has 14 heteroatoms. The first-order valence-electron chi connectivity index (χ1n) is 8.59. The van der Waals surface area contributed by atoms with Gasteiger partial charge < -0.3 is 59.8 Å². The maximum absolute atomic E-state index is 11.7. The number of hydrogen-bond donors (Lipinski definition) is 8. The first kappa shape index (κ1) is 27.1. The van der Waals surface area contributed by atoms with E-state index in [-0.39, 0.29) is 29.6 Å². The molecule has 2 heterocycles. The van der Waals surface area contributed by atoms with Crippen molar-refractivity contribution in [3.63, 3.8) is 0 Å². The molecule has 0 aromatic carbocycles. The summed E-state index contributed by atoms with van der Waals surface area (Å²) in [5.74, 6) is -1.18. The fourth-order valence-electron chi connectivity index (χ4n) is 2.91. The van der Waals surface area contributed by atoms with Gasteiger partial charge in [-0.1, -0.05) is 0 Å². The van der Waals surface area contributed by atoms with Gasteiger partial charge in [-0.25, -0.2) is 4.79 Å². The zero-order valence-electron chi connectivity index (χ0n) is 14.9. The Kier molecular flexibility index (Phi) is 10.8. The molecule has 0 aromatic heterocycles. The molecule has 2 aliphatic heterocycles. The summed E-state index contributed by atoms with van der Waals surface area (Å²) < 4.78 is 20.6. The van der Waals surface area contributed by atoms with Gasteiger partial charge in [0.15, 0.2) is 18.7 Å². The summed E-state index contributed by atoms with van der Waals surface area (Å²) in [5.41, 5.74) is 0. The van der Waals surface area contributed by atoms with E-state index in [2.05, 4.69) is 0 Å². The third kappa shape index (κ3) is 6.05. The monoisotopic (exact) mass is 438 g/mol. The van der Waals surface area contributed by atoms with Gasteiger partial charge in [0.25, 0.3) is 0 Å². The van der Waals surface area contributed by atoms with Crippen molar-refractivity contribution >= 4 is 35.5 Å². The zero-order chi connectivity index (χ0) is 21.2. The Morgan fingerprint density at radius 3 is 1.97 bits per heavy atom. The Labute approximate surface area is 187 Å². The summed E-state index contributed by atoms with van der Waals surface area (Å²) in [5, 5.41) is 77.6. The van der Waals surface area contributed by atoms with Crippen molar-refractivity contribution < 1.29 is 64.6 Å². The van der Waals surface area contributed by atoms with Gasteiger partial charge in [0.2, 0.25) is 0 Å². The number of carbonyl (C=O) groups excluding carboxylic acids is 1. The van der Waals surface area contributed by atoms with Crippen LogP contribution < -0.4 is 0 Å². The maximum atomic E-state index is 11.7. The fraction of sp³-hybridized carbons (Fsp3) is 0.933. The number of aliphatic hydroxyl groups is 8. The van der Waals surface area contributed by atoms with Crippen molar-refractivity contribution in [2.75, 3.05) is 13.2 Å². The van der Waals surface area contributed by atoms with E-state index in [1.165, 1.54) is 0 Å². The van der Waals surface area contributed by atoms with Crippen LogP contribution in [0.15, 0.2) is 0 Å². The SMILES string of the molecule is CC(O)C(=O)O[C@H]1[C@H](O[C@H]2[C@H](O)[C@@H](O)[C@H](O)O[C@@H]2CO)O[C@H](CO)[C@H](O)[C@@H]1O.[NaH]. The van der Waals surface area contributed by atoms with E-state index in [1.807, 2.05) is 0 Å². The molecule has 0 radical (unpaired) electrons. The van der Waals surface area contributed by atoms with Crippen molar-refractivity contribution in [2.45, 2.75) is 74.4 Å². The van der Waals surface area contributed by atoms with Crippen LogP contribution in [-0.2, 0) is 23.7 Å². The van der Waals surface area contributed by atoms with E-state index in [0.29, 0.717) is 0 Å². The van der Waals surface area contributed by atoms with Gasteiger partial charge in [0, 0.05) is 0 Å². The van der Waals surface area contributed by atoms with Gasteiger partial charge in [-0.2, -0.15) is 0 Å². The first-order valence-corrected chi connectivity index (χ1v) is 8.59. The van der Waals surface area contributed by atoms with E-state index in [0.717, 1.165) is 6.92 Å². The molecule has 0 bridgehead atoms. The molecule has 2 aliphatic rings. The Balaban J connectivity index is 0.00000420. The van der Waals surface area contributed by atoms with Crippen LogP contribution in [0.5, 0.6) is 0 Å². The average Bonchev–Trinajstić information content (AvgIpc) is 2.66. The molecule has 0 aromatic rings. The van der Waals surface area contributed by atoms with Crippen LogP contribution in [-0.4, -0.2) is 157 Å². The van der Waals surface area contributed by atoms with Crippen LogP contribution >= 0.6 is 0 Å². The number of esters is 1. The average molecular weight is 438 g/mol. The van der Waals surface area contributed by atoms with Gasteiger partial charge >= 0.3 is 35.5 Å². The number of carbonyl (C=O) groups is 1. The third-order valence-electron chi connectivity index (χ3n) is 4.55. The molecule has 2 rings (SSSR count). The molecule has 0 amide bonds. The van der Waals surface area contributed by atoms with E-state index in [1.54, 1.807) is 0 Å². The number of rotatable bonds is 6. The molecule has 2 fully saturated rings. The molecule has 0 spiro atoms. The molecule has 0 saturated carbocycles. The topological polar surface area (TPSA) is 216 Å². The van der Waals surface area contributed by atoms with Crippen molar-refractivity contribution in [3.05, 3.63) is 0 Å². The molecule has 2 saturated heterocycles. The predicted molar refractivity (Wildman–Crippen MR) is 91.3 cm³/mol. The Bertz CT molecular complexity index is 520. The van der Waals surface area contributed by atoms with Crippen molar-refractivity contribution in [3.8, 4) is 0 Å². The number of ether oxygens (including phenoxy) is 4. The Hall–Kier alpha value is 0.0300. The minimum absolute atomic E-state index is 0. The second-order valence-electron chi connectivity index (χ2n) is 6.61. The van der Waals surface area contributed by atoms with Gasteiger partial charge in [-0.3, -0.25) is 0 Å². The summed E-state index contributed by atoms with van der Waals surface area (Å²) >= 11 is 0. The van der Waals surface area contributed by atoms with E-state index >= 15 is 0 Å². The molecule has 29 heavy (non-hydrogen) atoms. The summed E-state index contributed by atoms with van der Waals surface area (Å²) in [6, 6.07) is 0. The first-order chi connectivity index (χ1) is 13.1. The predicted octanol–water partition coefficient (Wildman–Crippen LogP) is -6.11. The molecule has 166 valence electrons. The standard InChI is InChI=1S/C15H26O13.Na.H/c1-4(18)13(23)27-12-8(20)7(19)5(2-16)26-15(12)28-11-6(3-17)25-14(24)10(22)9(11)21;;/h4-12,14-22,24H,2-3H2,1H3;;/t4?,5-,6-,7+,8+,9-,10-,11-,12-,14-,15+;;/m1../s1. The second-order valence-corrected chi connectivity index (χ2v) is 6.61. The summed E-state index contributed by atoms with van der Waals surface area (Å²) in [6.45, 7) is -0.395. The van der Waals surface area contributed by atoms with Crippen molar-refractivity contribution in [2.24, 2.45) is 0 Å². The van der Waals surface area contributed by atoms with Gasteiger partial charge in [-0.05, 0) is 6.92 Å². The van der Waals surface area contributed by atoms with Crippen LogP contribution in [0.4, 0.5) is 0 Å². The third-order valence-corrected chi connectivity index (χ3v) is 4.55. The van der Waals surface area contributed by atoms with Crippen molar-refractivity contribution in [1.29, 1.82) is 0 Å². The van der Waals surface area contributed by atoms with Crippen LogP contribution in [0.3, 0.4) is 0 Å². The minimum atomic E-state index is -1.81. The van der Waals surface area contributed by atoms with Gasteiger partial charge in [0.05, 0.1) is 13.2 Å². The Morgan fingerprint density at radius 2 is 1.45 bits per heavy atom. The quantitative estimate of drug-likeness (QED) is 0.143. The number of hydrogen-bond acceptors (Lipinski definition) is 13. The van der Waals surface area contributed by atoms with Crippen LogP contribution in [0, 0.1) is 0 Å². The molecule has 13 nitrogen and oxygen atoms in total. The molecule has 1 unspecified atom stereocenters. The normalized spacial score (nSPS) is 43.9. The summed E-state index contributed by atoms with van der Waals surface area (Å²) in [4.78, 5) is 11.7. The fourth-order valence-corrected chi connectivity index (χ4v) is 2.91. The van der Waals surface area contributed by atoms with Crippen LogP contribution in [0.25, 0.3) is 0 Å². The Morgan fingerprint density at radius 1 is 0.897 bits per heavy atom. The molecule has 8 N–H and O–H groups in total. The van der Waals surface area contributed by atoms with Crippen LogP contribution in [0.1, 0.15) is 6.92 Å². The molecule has 0 aliphatic carbocycles. The summed E-state index contributed by atoms with van der Waals surface area (Å²) in [7, 11) is 0. The van der Waals surface area contributed by atoms with Crippen molar-refractivity contribution in [1.82, 2.24) is 0 Å². The molecule has 11 atom stereocenters. The van der Waals surface area contributed by atoms with Gasteiger partial charge in [0.1, 0.15) is 48.8 Å². The van der Waals surface area contributed by atoms with E-state index in [9.17, 15) is 45.6 Å². The van der Waals surface area contributed by atoms with Crippen LogP contribution in [0.2, 0.25) is 0 Å².